The molecule has 0 aromatic rings. The van der Waals surface area contributed by atoms with E-state index in [0.717, 1.165) is 45.3 Å². The number of hydrogen-bond acceptors (Lipinski definition) is 4. The first-order valence-corrected chi connectivity index (χ1v) is 9.07. The molecule has 4 nitrogen and oxygen atoms in total. The van der Waals surface area contributed by atoms with Gasteiger partial charge in [0.1, 0.15) is 6.61 Å². The van der Waals surface area contributed by atoms with E-state index in [0.29, 0.717) is 13.0 Å². The van der Waals surface area contributed by atoms with Crippen molar-refractivity contribution in [2.75, 3.05) is 26.2 Å². The smallest absolute Gasteiger partial charge is 0.312 e. The van der Waals surface area contributed by atoms with Gasteiger partial charge in [0.15, 0.2) is 0 Å². The fourth-order valence-electron chi connectivity index (χ4n) is 3.55. The zero-order chi connectivity index (χ0) is 16.6. The second kappa shape index (κ2) is 9.51. The van der Waals surface area contributed by atoms with E-state index in [-0.39, 0.29) is 17.8 Å². The molecular weight excluding hydrogens is 278 g/mol. The molecule has 1 fully saturated rings. The molecular formula is C18H35NO3. The fourth-order valence-corrected chi connectivity index (χ4v) is 3.55. The zero-order valence-corrected chi connectivity index (χ0v) is 14.9. The van der Waals surface area contributed by atoms with E-state index in [4.69, 9.17) is 4.74 Å². The molecule has 0 aromatic heterocycles. The molecule has 1 saturated carbocycles. The molecule has 1 rings (SSSR count). The molecule has 0 radical (unpaired) electrons. The van der Waals surface area contributed by atoms with Crippen molar-refractivity contribution in [2.24, 2.45) is 11.8 Å². The van der Waals surface area contributed by atoms with Gasteiger partial charge in [-0.3, -0.25) is 4.79 Å². The van der Waals surface area contributed by atoms with Crippen molar-refractivity contribution < 1.29 is 14.6 Å². The minimum Gasteiger partial charge on any atom is -0.464 e. The van der Waals surface area contributed by atoms with Crippen LogP contribution in [0.25, 0.3) is 0 Å². The summed E-state index contributed by atoms with van der Waals surface area (Å²) < 4.78 is 5.54. The quantitative estimate of drug-likeness (QED) is 0.664. The van der Waals surface area contributed by atoms with E-state index in [1.54, 1.807) is 6.92 Å². The first-order chi connectivity index (χ1) is 10.5. The normalized spacial score (nSPS) is 20.6. The van der Waals surface area contributed by atoms with Crippen LogP contribution in [0.1, 0.15) is 66.2 Å². The van der Waals surface area contributed by atoms with Crippen LogP contribution < -0.4 is 0 Å². The predicted molar refractivity (Wildman–Crippen MR) is 89.7 cm³/mol. The number of hydrogen-bond donors (Lipinski definition) is 1. The topological polar surface area (TPSA) is 49.8 Å². The maximum Gasteiger partial charge on any atom is 0.312 e. The number of likely N-dealkylation sites (N-methyl/N-ethyl adjacent to an activating group) is 1. The average molecular weight is 313 g/mol. The molecule has 0 heterocycles. The molecule has 0 bridgehead atoms. The summed E-state index contributed by atoms with van der Waals surface area (Å²) in [5, 5.41) is 10.7. The molecule has 0 saturated heterocycles. The second-order valence-electron chi connectivity index (χ2n) is 6.78. The average Bonchev–Trinajstić information content (AvgIpc) is 2.52. The molecule has 0 aliphatic heterocycles. The van der Waals surface area contributed by atoms with E-state index in [9.17, 15) is 9.90 Å². The highest BCUT2D eigenvalue weighted by Crippen LogP contribution is 2.38. The van der Waals surface area contributed by atoms with Crippen LogP contribution in [0.5, 0.6) is 0 Å². The molecule has 22 heavy (non-hydrogen) atoms. The van der Waals surface area contributed by atoms with Crippen molar-refractivity contribution in [1.82, 2.24) is 4.90 Å². The number of carbonyl (C=O) groups excluding carboxylic acids is 1. The Morgan fingerprint density at radius 3 is 2.32 bits per heavy atom. The summed E-state index contributed by atoms with van der Waals surface area (Å²) in [6.07, 6.45) is 6.22. The summed E-state index contributed by atoms with van der Waals surface area (Å²) >= 11 is 0. The van der Waals surface area contributed by atoms with Crippen molar-refractivity contribution in [2.45, 2.75) is 71.8 Å². The number of carbonyl (C=O) groups is 1. The summed E-state index contributed by atoms with van der Waals surface area (Å²) in [5.74, 6) is -0.315. The number of nitrogens with zero attached hydrogens (tertiary/aromatic N) is 1. The van der Waals surface area contributed by atoms with Crippen LogP contribution in [0.3, 0.4) is 0 Å². The zero-order valence-electron chi connectivity index (χ0n) is 14.9. The summed E-state index contributed by atoms with van der Waals surface area (Å²) in [6.45, 7) is 11.1. The van der Waals surface area contributed by atoms with Gasteiger partial charge in [0.2, 0.25) is 0 Å². The summed E-state index contributed by atoms with van der Waals surface area (Å²) in [6, 6.07) is 0. The lowest BCUT2D eigenvalue weighted by Gasteiger charge is -2.38. The first-order valence-electron chi connectivity index (χ1n) is 9.07. The van der Waals surface area contributed by atoms with Gasteiger partial charge in [0, 0.05) is 6.54 Å². The van der Waals surface area contributed by atoms with Crippen molar-refractivity contribution in [3.05, 3.63) is 0 Å². The van der Waals surface area contributed by atoms with Gasteiger partial charge in [-0.05, 0) is 45.2 Å². The summed E-state index contributed by atoms with van der Waals surface area (Å²) in [4.78, 5) is 14.8. The third-order valence-electron chi connectivity index (χ3n) is 5.31. The largest absolute Gasteiger partial charge is 0.464 e. The van der Waals surface area contributed by atoms with Crippen LogP contribution in [-0.2, 0) is 9.53 Å². The molecule has 4 heteroatoms. The Morgan fingerprint density at radius 1 is 1.23 bits per heavy atom. The van der Waals surface area contributed by atoms with E-state index in [1.807, 2.05) is 6.92 Å². The SMILES string of the molecule is CCN(CC)CCOC(=O)C(C1CCCCC1)C(C)(O)CC. The third-order valence-corrected chi connectivity index (χ3v) is 5.31. The van der Waals surface area contributed by atoms with Crippen LogP contribution in [0.2, 0.25) is 0 Å². The lowest BCUT2D eigenvalue weighted by Crippen LogP contribution is -2.45. The highest BCUT2D eigenvalue weighted by molar-refractivity contribution is 5.74. The van der Waals surface area contributed by atoms with E-state index in [2.05, 4.69) is 18.7 Å². The molecule has 1 N–H and O–H groups in total. The maximum absolute atomic E-state index is 12.6. The lowest BCUT2D eigenvalue weighted by molar-refractivity contribution is -0.163. The molecule has 0 aromatic carbocycles. The Morgan fingerprint density at radius 2 is 1.82 bits per heavy atom. The molecule has 1 aliphatic carbocycles. The van der Waals surface area contributed by atoms with Crippen molar-refractivity contribution in [3.63, 3.8) is 0 Å². The van der Waals surface area contributed by atoms with Gasteiger partial charge in [-0.2, -0.15) is 0 Å². The van der Waals surface area contributed by atoms with Gasteiger partial charge in [-0.1, -0.05) is 40.0 Å². The van der Waals surface area contributed by atoms with Crippen molar-refractivity contribution in [1.29, 1.82) is 0 Å². The molecule has 1 aliphatic rings. The number of aliphatic hydroxyl groups is 1. The van der Waals surface area contributed by atoms with E-state index in [1.165, 1.54) is 6.42 Å². The monoisotopic (exact) mass is 313 g/mol. The predicted octanol–water partition coefficient (Wildman–Crippen LogP) is 3.23. The minimum absolute atomic E-state index is 0.203. The molecule has 0 amide bonds. The van der Waals surface area contributed by atoms with Gasteiger partial charge in [-0.15, -0.1) is 0 Å². The van der Waals surface area contributed by atoms with Crippen LogP contribution in [0, 0.1) is 11.8 Å². The van der Waals surface area contributed by atoms with Crippen LogP contribution >= 0.6 is 0 Å². The number of esters is 1. The Labute approximate surface area is 136 Å². The molecule has 2 atom stereocenters. The first kappa shape index (κ1) is 19.4. The van der Waals surface area contributed by atoms with Gasteiger partial charge in [-0.25, -0.2) is 0 Å². The van der Waals surface area contributed by atoms with Crippen molar-refractivity contribution in [3.8, 4) is 0 Å². The molecule has 2 unspecified atom stereocenters. The fraction of sp³-hybridized carbons (Fsp3) is 0.944. The van der Waals surface area contributed by atoms with Crippen LogP contribution in [0.4, 0.5) is 0 Å². The third kappa shape index (κ3) is 5.54. The van der Waals surface area contributed by atoms with E-state index >= 15 is 0 Å². The highest BCUT2D eigenvalue weighted by atomic mass is 16.5. The van der Waals surface area contributed by atoms with Gasteiger partial charge in [0.05, 0.1) is 11.5 Å². The number of rotatable bonds is 9. The van der Waals surface area contributed by atoms with E-state index < -0.39 is 5.60 Å². The number of ether oxygens (including phenoxy) is 1. The Hall–Kier alpha value is -0.610. The van der Waals surface area contributed by atoms with Gasteiger partial charge in [0.25, 0.3) is 0 Å². The second-order valence-corrected chi connectivity index (χ2v) is 6.78. The molecule has 130 valence electrons. The Bertz CT molecular complexity index is 320. The Kier molecular flexibility index (Phi) is 8.40. The maximum atomic E-state index is 12.6. The summed E-state index contributed by atoms with van der Waals surface area (Å²) in [5.41, 5.74) is -0.964. The van der Waals surface area contributed by atoms with Gasteiger partial charge >= 0.3 is 5.97 Å². The summed E-state index contributed by atoms with van der Waals surface area (Å²) in [7, 11) is 0. The van der Waals surface area contributed by atoms with Crippen LogP contribution in [-0.4, -0.2) is 47.8 Å². The molecule has 0 spiro atoms. The lowest BCUT2D eigenvalue weighted by atomic mass is 9.71. The minimum atomic E-state index is -0.964. The Balaban J connectivity index is 2.63. The highest BCUT2D eigenvalue weighted by Gasteiger charge is 2.42. The van der Waals surface area contributed by atoms with Crippen LogP contribution in [0.15, 0.2) is 0 Å². The van der Waals surface area contributed by atoms with Crippen molar-refractivity contribution >= 4 is 5.97 Å². The van der Waals surface area contributed by atoms with Gasteiger partial charge < -0.3 is 14.7 Å². The standard InChI is InChI=1S/C18H35NO3/c1-5-18(4,21)16(15-11-9-8-10-12-15)17(20)22-14-13-19(6-2)7-3/h15-16,21H,5-14H2,1-4H3.